The van der Waals surface area contributed by atoms with Crippen LogP contribution in [0.3, 0.4) is 0 Å². The quantitative estimate of drug-likeness (QED) is 0.882. The van der Waals surface area contributed by atoms with Gasteiger partial charge in [-0.1, -0.05) is 12.1 Å². The van der Waals surface area contributed by atoms with E-state index in [1.807, 2.05) is 0 Å². The molecule has 1 N–H and O–H groups in total. The van der Waals surface area contributed by atoms with Gasteiger partial charge in [-0.15, -0.1) is 0 Å². The first-order valence-electron chi connectivity index (χ1n) is 7.41. The minimum Gasteiger partial charge on any atom is -0.338 e. The van der Waals surface area contributed by atoms with Gasteiger partial charge in [0.25, 0.3) is 0 Å². The van der Waals surface area contributed by atoms with Crippen LogP contribution in [-0.2, 0) is 19.4 Å². The van der Waals surface area contributed by atoms with Crippen LogP contribution in [0.15, 0.2) is 24.3 Å². The predicted octanol–water partition coefficient (Wildman–Crippen LogP) is 0.800. The number of amides is 2. The van der Waals surface area contributed by atoms with Crippen molar-refractivity contribution in [1.82, 2.24) is 4.90 Å². The summed E-state index contributed by atoms with van der Waals surface area (Å²) in [6, 6.07) is 5.47. The highest BCUT2D eigenvalue weighted by Gasteiger charge is 2.41. The van der Waals surface area contributed by atoms with E-state index in [-0.39, 0.29) is 42.1 Å². The Morgan fingerprint density at radius 1 is 1.30 bits per heavy atom. The normalized spacial score (nSPS) is 26.5. The topological polar surface area (TPSA) is 83.6 Å². The minimum atomic E-state index is -3.09. The van der Waals surface area contributed by atoms with Crippen LogP contribution >= 0.6 is 0 Å². The van der Waals surface area contributed by atoms with Gasteiger partial charge in [-0.2, -0.15) is 0 Å². The molecule has 2 unspecified atom stereocenters. The molecule has 2 atom stereocenters. The molecule has 124 valence electrons. The molecule has 8 heteroatoms. The van der Waals surface area contributed by atoms with Crippen molar-refractivity contribution >= 4 is 27.3 Å². The first-order valence-corrected chi connectivity index (χ1v) is 9.23. The number of likely N-dealkylation sites (tertiary alicyclic amines) is 1. The fourth-order valence-corrected chi connectivity index (χ4v) is 4.81. The van der Waals surface area contributed by atoms with Gasteiger partial charge < -0.3 is 10.2 Å². The Balaban J connectivity index is 1.65. The number of hydrogen-bond acceptors (Lipinski definition) is 4. The molecule has 3 rings (SSSR count). The average Bonchev–Trinajstić information content (AvgIpc) is 3.04. The van der Waals surface area contributed by atoms with E-state index in [0.717, 1.165) is 0 Å². The van der Waals surface area contributed by atoms with Crippen molar-refractivity contribution in [2.24, 2.45) is 5.92 Å². The summed E-state index contributed by atoms with van der Waals surface area (Å²) in [6.07, 6.45) is 0.437. The molecule has 0 saturated carbocycles. The number of nitrogens with zero attached hydrogens (tertiary/aromatic N) is 1. The smallest absolute Gasteiger partial charge is 0.229 e. The number of anilines is 1. The first kappa shape index (κ1) is 15.9. The van der Waals surface area contributed by atoms with Crippen molar-refractivity contribution in [3.05, 3.63) is 30.1 Å². The van der Waals surface area contributed by atoms with Crippen molar-refractivity contribution in [3.8, 4) is 0 Å². The van der Waals surface area contributed by atoms with Crippen LogP contribution in [0.2, 0.25) is 0 Å². The molecular formula is C15H17FN2O4S. The Labute approximate surface area is 133 Å². The standard InChI is InChI=1S/C15H17FN2O4S/c16-12-3-1-2-4-13(12)17-15(20)10-7-14(19)18(8-10)11-5-6-23(21,22)9-11/h1-4,10-11H,5-9H2,(H,17,20). The summed E-state index contributed by atoms with van der Waals surface area (Å²) in [6.45, 7) is 0.180. The number of halogens is 1. The lowest BCUT2D eigenvalue weighted by atomic mass is 10.1. The number of carbonyl (C=O) groups is 2. The fraction of sp³-hybridized carbons (Fsp3) is 0.467. The number of benzene rings is 1. The number of para-hydroxylation sites is 1. The summed E-state index contributed by atoms with van der Waals surface area (Å²) in [4.78, 5) is 25.8. The van der Waals surface area contributed by atoms with E-state index in [1.54, 1.807) is 6.07 Å². The van der Waals surface area contributed by atoms with Gasteiger partial charge in [0.15, 0.2) is 9.84 Å². The van der Waals surface area contributed by atoms with Crippen molar-refractivity contribution in [1.29, 1.82) is 0 Å². The molecule has 0 spiro atoms. The zero-order valence-electron chi connectivity index (χ0n) is 12.4. The van der Waals surface area contributed by atoms with Crippen LogP contribution in [0.1, 0.15) is 12.8 Å². The maximum atomic E-state index is 13.6. The Bertz CT molecular complexity index is 750. The molecule has 2 fully saturated rings. The second-order valence-corrected chi connectivity index (χ2v) is 8.20. The first-order chi connectivity index (χ1) is 10.9. The molecule has 2 saturated heterocycles. The largest absolute Gasteiger partial charge is 0.338 e. The Morgan fingerprint density at radius 2 is 2.04 bits per heavy atom. The third-order valence-electron chi connectivity index (χ3n) is 4.31. The van der Waals surface area contributed by atoms with Crippen LogP contribution < -0.4 is 5.32 Å². The molecule has 0 aliphatic carbocycles. The van der Waals surface area contributed by atoms with Crippen molar-refractivity contribution in [3.63, 3.8) is 0 Å². The highest BCUT2D eigenvalue weighted by Crippen LogP contribution is 2.27. The van der Waals surface area contributed by atoms with Gasteiger partial charge in [0.2, 0.25) is 11.8 Å². The molecule has 0 radical (unpaired) electrons. The summed E-state index contributed by atoms with van der Waals surface area (Å²) in [7, 11) is -3.09. The lowest BCUT2D eigenvalue weighted by Gasteiger charge is -2.22. The van der Waals surface area contributed by atoms with Gasteiger partial charge in [0, 0.05) is 19.0 Å². The van der Waals surface area contributed by atoms with Crippen LogP contribution in [0.4, 0.5) is 10.1 Å². The van der Waals surface area contributed by atoms with Crippen LogP contribution in [0, 0.1) is 11.7 Å². The van der Waals surface area contributed by atoms with E-state index in [4.69, 9.17) is 0 Å². The number of nitrogens with one attached hydrogen (secondary N) is 1. The van der Waals surface area contributed by atoms with Gasteiger partial charge in [-0.3, -0.25) is 9.59 Å². The van der Waals surface area contributed by atoms with Gasteiger partial charge in [0.05, 0.1) is 23.1 Å². The van der Waals surface area contributed by atoms with E-state index in [9.17, 15) is 22.4 Å². The minimum absolute atomic E-state index is 0.0246. The maximum Gasteiger partial charge on any atom is 0.229 e. The number of hydrogen-bond donors (Lipinski definition) is 1. The van der Waals surface area contributed by atoms with Crippen LogP contribution in [-0.4, -0.2) is 49.2 Å². The monoisotopic (exact) mass is 340 g/mol. The number of rotatable bonds is 3. The van der Waals surface area contributed by atoms with Gasteiger partial charge >= 0.3 is 0 Å². The van der Waals surface area contributed by atoms with Crippen LogP contribution in [0.5, 0.6) is 0 Å². The summed E-state index contributed by atoms with van der Waals surface area (Å²) in [5.74, 6) is -1.74. The Hall–Kier alpha value is -1.96. The highest BCUT2D eigenvalue weighted by molar-refractivity contribution is 7.91. The summed E-state index contributed by atoms with van der Waals surface area (Å²) in [5, 5.41) is 2.49. The Kier molecular flexibility index (Phi) is 4.09. The van der Waals surface area contributed by atoms with E-state index >= 15 is 0 Å². The third kappa shape index (κ3) is 3.36. The number of carbonyl (C=O) groups excluding carboxylic acids is 2. The molecule has 2 heterocycles. The second-order valence-electron chi connectivity index (χ2n) is 5.97. The summed E-state index contributed by atoms with van der Waals surface area (Å²) in [5.41, 5.74) is 0.0758. The molecule has 2 aliphatic heterocycles. The van der Waals surface area contributed by atoms with E-state index < -0.39 is 27.5 Å². The third-order valence-corrected chi connectivity index (χ3v) is 6.06. The molecule has 0 bridgehead atoms. The highest BCUT2D eigenvalue weighted by atomic mass is 32.2. The van der Waals surface area contributed by atoms with Crippen molar-refractivity contribution in [2.75, 3.05) is 23.4 Å². The van der Waals surface area contributed by atoms with Gasteiger partial charge in [-0.05, 0) is 18.6 Å². The molecule has 1 aromatic carbocycles. The fourth-order valence-electron chi connectivity index (χ4n) is 3.08. The average molecular weight is 340 g/mol. The molecule has 2 aliphatic rings. The molecule has 0 aromatic heterocycles. The lowest BCUT2D eigenvalue weighted by molar-refractivity contribution is -0.129. The van der Waals surface area contributed by atoms with Gasteiger partial charge in [0.1, 0.15) is 5.82 Å². The molecule has 2 amide bonds. The Morgan fingerprint density at radius 3 is 2.70 bits per heavy atom. The second kappa shape index (κ2) is 5.92. The van der Waals surface area contributed by atoms with Crippen molar-refractivity contribution < 1.29 is 22.4 Å². The lowest BCUT2D eigenvalue weighted by Crippen LogP contribution is -2.38. The van der Waals surface area contributed by atoms with Gasteiger partial charge in [-0.25, -0.2) is 12.8 Å². The zero-order chi connectivity index (χ0) is 16.6. The van der Waals surface area contributed by atoms with E-state index in [1.165, 1.54) is 23.1 Å². The van der Waals surface area contributed by atoms with Crippen LogP contribution in [0.25, 0.3) is 0 Å². The predicted molar refractivity (Wildman–Crippen MR) is 81.9 cm³/mol. The molecule has 1 aromatic rings. The molecule has 6 nitrogen and oxygen atoms in total. The SMILES string of the molecule is O=C(Nc1ccccc1F)C1CC(=O)N(C2CCS(=O)(=O)C2)C1. The number of sulfone groups is 1. The molecule has 23 heavy (non-hydrogen) atoms. The van der Waals surface area contributed by atoms with E-state index in [2.05, 4.69) is 5.32 Å². The molecular weight excluding hydrogens is 323 g/mol. The summed E-state index contributed by atoms with van der Waals surface area (Å²) >= 11 is 0. The summed E-state index contributed by atoms with van der Waals surface area (Å²) < 4.78 is 36.6. The van der Waals surface area contributed by atoms with Crippen molar-refractivity contribution in [2.45, 2.75) is 18.9 Å². The van der Waals surface area contributed by atoms with E-state index in [0.29, 0.717) is 6.42 Å². The zero-order valence-corrected chi connectivity index (χ0v) is 13.2. The maximum absolute atomic E-state index is 13.6.